The molecular weight excluding hydrogens is 518 g/mol. The zero-order valence-corrected chi connectivity index (χ0v) is 21.5. The largest absolute Gasteiger partial charge is 0.352 e. The van der Waals surface area contributed by atoms with E-state index in [9.17, 15) is 18.0 Å². The van der Waals surface area contributed by atoms with E-state index in [1.54, 1.807) is 55.5 Å². The molecule has 1 atom stereocenters. The van der Waals surface area contributed by atoms with Crippen LogP contribution in [0.25, 0.3) is 0 Å². The van der Waals surface area contributed by atoms with Crippen molar-refractivity contribution in [2.75, 3.05) is 17.1 Å². The summed E-state index contributed by atoms with van der Waals surface area (Å²) in [6.07, 6.45) is 1.04. The third-order valence-electron chi connectivity index (χ3n) is 4.66. The Morgan fingerprint density at radius 1 is 1.03 bits per heavy atom. The number of carbonyl (C=O) groups is 2. The van der Waals surface area contributed by atoms with E-state index in [1.807, 2.05) is 13.8 Å². The molecule has 0 saturated carbocycles. The molecule has 0 saturated heterocycles. The van der Waals surface area contributed by atoms with E-state index >= 15 is 0 Å². The van der Waals surface area contributed by atoms with Crippen molar-refractivity contribution < 1.29 is 18.0 Å². The molecule has 2 rings (SSSR count). The summed E-state index contributed by atoms with van der Waals surface area (Å²) < 4.78 is 26.8. The number of benzene rings is 2. The highest BCUT2D eigenvalue weighted by atomic mass is 79.9. The molecule has 2 aromatic carbocycles. The number of rotatable bonds is 9. The van der Waals surface area contributed by atoms with Gasteiger partial charge in [-0.15, -0.1) is 0 Å². The van der Waals surface area contributed by atoms with Gasteiger partial charge >= 0.3 is 0 Å². The van der Waals surface area contributed by atoms with Crippen LogP contribution in [0.3, 0.4) is 0 Å². The molecule has 10 heteroatoms. The number of carbonyl (C=O) groups excluding carboxylic acids is 2. The normalized spacial score (nSPS) is 12.3. The van der Waals surface area contributed by atoms with Crippen LogP contribution in [0.15, 0.2) is 53.0 Å². The van der Waals surface area contributed by atoms with Crippen molar-refractivity contribution in [3.05, 3.63) is 63.6 Å². The molecule has 0 aliphatic carbocycles. The van der Waals surface area contributed by atoms with E-state index in [0.717, 1.165) is 20.6 Å². The second kappa shape index (κ2) is 11.2. The van der Waals surface area contributed by atoms with Crippen LogP contribution in [0, 0.1) is 0 Å². The lowest BCUT2D eigenvalue weighted by atomic mass is 10.1. The maximum Gasteiger partial charge on any atom is 0.244 e. The Morgan fingerprint density at radius 3 is 2.09 bits per heavy atom. The number of sulfonamides is 1. The monoisotopic (exact) mass is 543 g/mol. The molecular formula is C22H27BrClN3O4S. The lowest BCUT2D eigenvalue weighted by Crippen LogP contribution is -2.52. The Kier molecular flexibility index (Phi) is 9.12. The molecule has 2 aromatic rings. The zero-order valence-electron chi connectivity index (χ0n) is 18.4. The van der Waals surface area contributed by atoms with E-state index in [2.05, 4.69) is 21.2 Å². The summed E-state index contributed by atoms with van der Waals surface area (Å²) in [4.78, 5) is 27.4. The minimum atomic E-state index is -3.75. The first-order valence-corrected chi connectivity index (χ1v) is 13.0. The minimum absolute atomic E-state index is 0.104. The number of anilines is 1. The maximum atomic E-state index is 13.3. The molecule has 0 unspecified atom stereocenters. The number of hydrogen-bond acceptors (Lipinski definition) is 4. The van der Waals surface area contributed by atoms with Gasteiger partial charge in [-0.2, -0.15) is 0 Å². The first-order chi connectivity index (χ1) is 14.9. The number of nitrogens with one attached hydrogen (secondary N) is 1. The molecule has 0 fully saturated rings. The van der Waals surface area contributed by atoms with Gasteiger partial charge in [-0.05, 0) is 62.7 Å². The Bertz CT molecular complexity index is 1040. The SMILES string of the molecule is CC(C)NC(=O)[C@H](C)N(Cc1ccc(Cl)cc1)C(=O)CN(c1ccc(Br)cc1)S(C)(=O)=O. The van der Waals surface area contributed by atoms with Gasteiger partial charge in [0.25, 0.3) is 0 Å². The van der Waals surface area contributed by atoms with Gasteiger partial charge in [-0.1, -0.05) is 39.7 Å². The number of nitrogens with zero attached hydrogens (tertiary/aromatic N) is 2. The molecule has 0 bridgehead atoms. The van der Waals surface area contributed by atoms with Crippen LogP contribution in [-0.4, -0.2) is 50.0 Å². The molecule has 32 heavy (non-hydrogen) atoms. The molecule has 1 N–H and O–H groups in total. The fourth-order valence-electron chi connectivity index (χ4n) is 3.00. The van der Waals surface area contributed by atoms with Crippen LogP contribution in [0.2, 0.25) is 5.02 Å². The third kappa shape index (κ3) is 7.50. The van der Waals surface area contributed by atoms with Gasteiger partial charge in [-0.25, -0.2) is 8.42 Å². The predicted octanol–water partition coefficient (Wildman–Crippen LogP) is 3.81. The van der Waals surface area contributed by atoms with Crippen LogP contribution >= 0.6 is 27.5 Å². The summed E-state index contributed by atoms with van der Waals surface area (Å²) in [6, 6.07) is 12.6. The lowest BCUT2D eigenvalue weighted by Gasteiger charge is -2.32. The third-order valence-corrected chi connectivity index (χ3v) is 6.58. The summed E-state index contributed by atoms with van der Waals surface area (Å²) in [5, 5.41) is 3.35. The van der Waals surface area contributed by atoms with E-state index in [0.29, 0.717) is 10.7 Å². The van der Waals surface area contributed by atoms with E-state index < -0.39 is 28.5 Å². The molecule has 7 nitrogen and oxygen atoms in total. The smallest absolute Gasteiger partial charge is 0.244 e. The fourth-order valence-corrected chi connectivity index (χ4v) is 4.24. The predicted molar refractivity (Wildman–Crippen MR) is 131 cm³/mol. The zero-order chi connectivity index (χ0) is 24.1. The van der Waals surface area contributed by atoms with Gasteiger partial charge in [0.2, 0.25) is 21.8 Å². The van der Waals surface area contributed by atoms with Gasteiger partial charge in [0.05, 0.1) is 11.9 Å². The highest BCUT2D eigenvalue weighted by molar-refractivity contribution is 9.10. The van der Waals surface area contributed by atoms with Crippen molar-refractivity contribution >= 4 is 55.1 Å². The molecule has 0 spiro atoms. The summed E-state index contributed by atoms with van der Waals surface area (Å²) in [5.74, 6) is -0.823. The van der Waals surface area contributed by atoms with Gasteiger partial charge in [0.1, 0.15) is 12.6 Å². The van der Waals surface area contributed by atoms with E-state index in [1.165, 1.54) is 4.90 Å². The van der Waals surface area contributed by atoms with Crippen molar-refractivity contribution in [1.82, 2.24) is 10.2 Å². The van der Waals surface area contributed by atoms with Crippen molar-refractivity contribution in [2.45, 2.75) is 39.4 Å². The molecule has 174 valence electrons. The summed E-state index contributed by atoms with van der Waals surface area (Å²) in [7, 11) is -3.75. The average molecular weight is 545 g/mol. The van der Waals surface area contributed by atoms with Crippen molar-refractivity contribution in [3.8, 4) is 0 Å². The maximum absolute atomic E-state index is 13.3. The Labute approximate surface area is 202 Å². The van der Waals surface area contributed by atoms with Crippen molar-refractivity contribution in [2.24, 2.45) is 0 Å². The molecule has 2 amide bonds. The number of hydrogen-bond donors (Lipinski definition) is 1. The summed E-state index contributed by atoms with van der Waals surface area (Å²) in [6.45, 7) is 4.97. The van der Waals surface area contributed by atoms with Crippen LogP contribution in [-0.2, 0) is 26.2 Å². The first kappa shape index (κ1) is 26.2. The van der Waals surface area contributed by atoms with Gasteiger partial charge < -0.3 is 10.2 Å². The number of halogens is 2. The molecule has 0 heterocycles. The molecule has 0 aromatic heterocycles. The highest BCUT2D eigenvalue weighted by Crippen LogP contribution is 2.22. The lowest BCUT2D eigenvalue weighted by molar-refractivity contribution is -0.139. The van der Waals surface area contributed by atoms with Gasteiger partial charge in [0.15, 0.2) is 0 Å². The van der Waals surface area contributed by atoms with Crippen molar-refractivity contribution in [3.63, 3.8) is 0 Å². The molecule has 0 radical (unpaired) electrons. The van der Waals surface area contributed by atoms with E-state index in [-0.39, 0.29) is 18.5 Å². The molecule has 0 aliphatic rings. The standard InChI is InChI=1S/C22H27BrClN3O4S/c1-15(2)25-22(29)16(3)26(13-17-5-9-19(24)10-6-17)21(28)14-27(32(4,30)31)20-11-7-18(23)8-12-20/h5-12,15-16H,13-14H2,1-4H3,(H,25,29)/t16-/m0/s1. The Morgan fingerprint density at radius 2 is 1.59 bits per heavy atom. The van der Waals surface area contributed by atoms with Crippen LogP contribution in [0.4, 0.5) is 5.69 Å². The second-order valence-electron chi connectivity index (χ2n) is 7.73. The fraction of sp³-hybridized carbons (Fsp3) is 0.364. The summed E-state index contributed by atoms with van der Waals surface area (Å²) in [5.41, 5.74) is 1.12. The van der Waals surface area contributed by atoms with E-state index in [4.69, 9.17) is 11.6 Å². The van der Waals surface area contributed by atoms with Crippen LogP contribution < -0.4 is 9.62 Å². The van der Waals surface area contributed by atoms with Gasteiger partial charge in [0, 0.05) is 22.1 Å². The quantitative estimate of drug-likeness (QED) is 0.520. The van der Waals surface area contributed by atoms with Gasteiger partial charge in [-0.3, -0.25) is 13.9 Å². The number of amides is 2. The summed E-state index contributed by atoms with van der Waals surface area (Å²) >= 11 is 9.28. The molecule has 0 aliphatic heterocycles. The average Bonchev–Trinajstić information content (AvgIpc) is 2.70. The topological polar surface area (TPSA) is 86.8 Å². The first-order valence-electron chi connectivity index (χ1n) is 9.96. The second-order valence-corrected chi connectivity index (χ2v) is 11.0. The Balaban J connectivity index is 2.36. The highest BCUT2D eigenvalue weighted by Gasteiger charge is 2.30. The Hall–Kier alpha value is -2.10. The van der Waals surface area contributed by atoms with Crippen LogP contribution in [0.5, 0.6) is 0 Å². The van der Waals surface area contributed by atoms with Crippen LogP contribution in [0.1, 0.15) is 26.3 Å². The van der Waals surface area contributed by atoms with Crippen molar-refractivity contribution in [1.29, 1.82) is 0 Å². The minimum Gasteiger partial charge on any atom is -0.352 e.